The second-order valence-corrected chi connectivity index (χ2v) is 6.34. The molecular weight excluding hydrogens is 366 g/mol. The van der Waals surface area contributed by atoms with Crippen molar-refractivity contribution in [2.24, 2.45) is 0 Å². The van der Waals surface area contributed by atoms with E-state index in [0.717, 1.165) is 28.4 Å². The lowest BCUT2D eigenvalue weighted by Crippen LogP contribution is -2.22. The third-order valence-corrected chi connectivity index (χ3v) is 4.18. The number of rotatable bonds is 5. The van der Waals surface area contributed by atoms with Gasteiger partial charge in [0.15, 0.2) is 0 Å². The van der Waals surface area contributed by atoms with E-state index in [-0.39, 0.29) is 11.8 Å². The summed E-state index contributed by atoms with van der Waals surface area (Å²) in [5.41, 5.74) is 1.74. The van der Waals surface area contributed by atoms with Gasteiger partial charge in [0.25, 0.3) is 0 Å². The van der Waals surface area contributed by atoms with Gasteiger partial charge in [0, 0.05) is 16.9 Å². The van der Waals surface area contributed by atoms with Crippen molar-refractivity contribution >= 4 is 39.3 Å². The van der Waals surface area contributed by atoms with Gasteiger partial charge in [-0.3, -0.25) is 4.79 Å². The second kappa shape index (κ2) is 7.70. The summed E-state index contributed by atoms with van der Waals surface area (Å²) in [6.07, 6.45) is 4.96. The molecule has 0 saturated heterocycles. The summed E-state index contributed by atoms with van der Waals surface area (Å²) in [7, 11) is 0. The first-order valence-electron chi connectivity index (χ1n) is 7.05. The molecule has 0 aliphatic heterocycles. The van der Waals surface area contributed by atoms with Crippen LogP contribution in [-0.4, -0.2) is 15.9 Å². The SMILES string of the molecule is CCCC(C(=O)Nc1ccc(Br)cn1)c1cnc(Cl)c(C)c1. The monoisotopic (exact) mass is 381 g/mol. The molecule has 0 saturated carbocycles. The molecule has 1 atom stereocenters. The van der Waals surface area contributed by atoms with E-state index in [9.17, 15) is 4.79 Å². The van der Waals surface area contributed by atoms with E-state index in [1.54, 1.807) is 18.5 Å². The van der Waals surface area contributed by atoms with E-state index in [1.165, 1.54) is 0 Å². The molecule has 4 nitrogen and oxygen atoms in total. The highest BCUT2D eigenvalue weighted by Gasteiger charge is 2.21. The van der Waals surface area contributed by atoms with Crippen LogP contribution in [0.15, 0.2) is 35.1 Å². The zero-order valence-corrected chi connectivity index (χ0v) is 14.8. The molecule has 1 N–H and O–H groups in total. The van der Waals surface area contributed by atoms with Gasteiger partial charge < -0.3 is 5.32 Å². The molecule has 0 aromatic carbocycles. The highest BCUT2D eigenvalue weighted by molar-refractivity contribution is 9.10. The Morgan fingerprint density at radius 2 is 2.14 bits per heavy atom. The van der Waals surface area contributed by atoms with Crippen molar-refractivity contribution in [2.45, 2.75) is 32.6 Å². The molecule has 116 valence electrons. The molecule has 0 spiro atoms. The number of pyridine rings is 2. The van der Waals surface area contributed by atoms with Crippen LogP contribution in [0, 0.1) is 6.92 Å². The number of halogens is 2. The molecule has 2 rings (SSSR count). The Morgan fingerprint density at radius 3 is 2.73 bits per heavy atom. The normalized spacial score (nSPS) is 12.0. The summed E-state index contributed by atoms with van der Waals surface area (Å²) in [4.78, 5) is 20.9. The van der Waals surface area contributed by atoms with E-state index in [4.69, 9.17) is 11.6 Å². The van der Waals surface area contributed by atoms with E-state index < -0.39 is 0 Å². The standard InChI is InChI=1S/C16H17BrClN3O/c1-3-4-13(11-7-10(2)15(18)20-8-11)16(22)21-14-6-5-12(17)9-19-14/h5-9,13H,3-4H2,1-2H3,(H,19,21,22). The average Bonchev–Trinajstić information content (AvgIpc) is 2.50. The van der Waals surface area contributed by atoms with Crippen molar-refractivity contribution in [3.63, 3.8) is 0 Å². The minimum atomic E-state index is -0.265. The quantitative estimate of drug-likeness (QED) is 0.761. The van der Waals surface area contributed by atoms with Crippen molar-refractivity contribution < 1.29 is 4.79 Å². The molecule has 22 heavy (non-hydrogen) atoms. The zero-order chi connectivity index (χ0) is 16.1. The Balaban J connectivity index is 2.20. The van der Waals surface area contributed by atoms with Gasteiger partial charge in [-0.05, 0) is 52.5 Å². The first-order valence-corrected chi connectivity index (χ1v) is 8.22. The lowest BCUT2D eigenvalue weighted by Gasteiger charge is -2.16. The number of carbonyl (C=O) groups is 1. The summed E-state index contributed by atoms with van der Waals surface area (Å²) in [5, 5.41) is 3.32. The lowest BCUT2D eigenvalue weighted by molar-refractivity contribution is -0.117. The average molecular weight is 383 g/mol. The predicted molar refractivity (Wildman–Crippen MR) is 92.2 cm³/mol. The molecule has 2 aromatic heterocycles. The molecule has 0 fully saturated rings. The number of amides is 1. The van der Waals surface area contributed by atoms with Crippen LogP contribution < -0.4 is 5.32 Å². The predicted octanol–water partition coefficient (Wildman–Crippen LogP) is 4.72. The number of carbonyl (C=O) groups excluding carboxylic acids is 1. The molecule has 2 heterocycles. The summed E-state index contributed by atoms with van der Waals surface area (Å²) in [6, 6.07) is 5.52. The molecular formula is C16H17BrClN3O. The number of anilines is 1. The van der Waals surface area contributed by atoms with Crippen molar-refractivity contribution in [3.8, 4) is 0 Å². The number of nitrogens with one attached hydrogen (secondary N) is 1. The van der Waals surface area contributed by atoms with E-state index in [0.29, 0.717) is 11.0 Å². The third kappa shape index (κ3) is 4.27. The minimum Gasteiger partial charge on any atom is -0.310 e. The number of nitrogens with zero attached hydrogens (tertiary/aromatic N) is 2. The van der Waals surface area contributed by atoms with Gasteiger partial charge in [0.2, 0.25) is 5.91 Å². The van der Waals surface area contributed by atoms with Gasteiger partial charge in [-0.1, -0.05) is 31.0 Å². The van der Waals surface area contributed by atoms with Crippen molar-refractivity contribution in [2.75, 3.05) is 5.32 Å². The number of aromatic nitrogens is 2. The fourth-order valence-corrected chi connectivity index (χ4v) is 2.51. The van der Waals surface area contributed by atoms with Gasteiger partial charge >= 0.3 is 0 Å². The maximum atomic E-state index is 12.6. The largest absolute Gasteiger partial charge is 0.310 e. The van der Waals surface area contributed by atoms with Gasteiger partial charge in [0.1, 0.15) is 11.0 Å². The molecule has 1 amide bonds. The lowest BCUT2D eigenvalue weighted by atomic mass is 9.94. The van der Waals surface area contributed by atoms with Gasteiger partial charge in [-0.2, -0.15) is 0 Å². The Kier molecular flexibility index (Phi) is 5.91. The molecule has 2 aromatic rings. The van der Waals surface area contributed by atoms with Gasteiger partial charge in [0.05, 0.1) is 5.92 Å². The van der Waals surface area contributed by atoms with E-state index in [2.05, 4.69) is 31.2 Å². The van der Waals surface area contributed by atoms with Gasteiger partial charge in [-0.25, -0.2) is 9.97 Å². The van der Waals surface area contributed by atoms with E-state index >= 15 is 0 Å². The van der Waals surface area contributed by atoms with Crippen LogP contribution in [0.1, 0.15) is 36.8 Å². The molecule has 0 aliphatic carbocycles. The van der Waals surface area contributed by atoms with Crippen LogP contribution >= 0.6 is 27.5 Å². The van der Waals surface area contributed by atoms with Crippen LogP contribution in [-0.2, 0) is 4.79 Å². The Labute approximate surface area is 143 Å². The van der Waals surface area contributed by atoms with Crippen molar-refractivity contribution in [1.29, 1.82) is 0 Å². The fraction of sp³-hybridized carbons (Fsp3) is 0.312. The van der Waals surface area contributed by atoms with Crippen LogP contribution in [0.5, 0.6) is 0 Å². The Bertz CT molecular complexity index is 661. The number of hydrogen-bond acceptors (Lipinski definition) is 3. The van der Waals surface area contributed by atoms with Crippen LogP contribution in [0.2, 0.25) is 5.15 Å². The summed E-state index contributed by atoms with van der Waals surface area (Å²) in [5.74, 6) is 0.187. The van der Waals surface area contributed by atoms with Crippen molar-refractivity contribution in [3.05, 3.63) is 51.3 Å². The maximum absolute atomic E-state index is 12.6. The van der Waals surface area contributed by atoms with Crippen molar-refractivity contribution in [1.82, 2.24) is 9.97 Å². The molecule has 0 aliphatic rings. The fourth-order valence-electron chi connectivity index (χ4n) is 2.17. The van der Waals surface area contributed by atoms with E-state index in [1.807, 2.05) is 26.0 Å². The smallest absolute Gasteiger partial charge is 0.233 e. The molecule has 1 unspecified atom stereocenters. The highest BCUT2D eigenvalue weighted by atomic mass is 79.9. The molecule has 6 heteroatoms. The second-order valence-electron chi connectivity index (χ2n) is 5.07. The third-order valence-electron chi connectivity index (χ3n) is 3.31. The molecule has 0 bridgehead atoms. The summed E-state index contributed by atoms with van der Waals surface area (Å²) < 4.78 is 0.869. The number of hydrogen-bond donors (Lipinski definition) is 1. The maximum Gasteiger partial charge on any atom is 0.233 e. The Hall–Kier alpha value is -1.46. The molecule has 0 radical (unpaired) electrons. The zero-order valence-electron chi connectivity index (χ0n) is 12.4. The topological polar surface area (TPSA) is 54.9 Å². The van der Waals surface area contributed by atoms with Crippen LogP contribution in [0.4, 0.5) is 5.82 Å². The summed E-state index contributed by atoms with van der Waals surface area (Å²) in [6.45, 7) is 3.93. The Morgan fingerprint density at radius 1 is 1.36 bits per heavy atom. The highest BCUT2D eigenvalue weighted by Crippen LogP contribution is 2.25. The first kappa shape index (κ1) is 16.9. The van der Waals surface area contributed by atoms with Gasteiger partial charge in [-0.15, -0.1) is 0 Å². The first-order chi connectivity index (χ1) is 10.5. The van der Waals surface area contributed by atoms with Crippen LogP contribution in [0.25, 0.3) is 0 Å². The minimum absolute atomic E-state index is 0.0832. The van der Waals surface area contributed by atoms with Crippen LogP contribution in [0.3, 0.4) is 0 Å². The number of aryl methyl sites for hydroxylation is 1. The summed E-state index contributed by atoms with van der Waals surface area (Å²) >= 11 is 9.28.